The summed E-state index contributed by atoms with van der Waals surface area (Å²) in [7, 11) is 3.77. The van der Waals surface area contributed by atoms with Crippen LogP contribution in [0.2, 0.25) is 5.02 Å². The van der Waals surface area contributed by atoms with E-state index in [1.54, 1.807) is 0 Å². The van der Waals surface area contributed by atoms with E-state index >= 15 is 0 Å². The van der Waals surface area contributed by atoms with E-state index in [-0.39, 0.29) is 0 Å². The molecule has 2 N–H and O–H groups in total. The van der Waals surface area contributed by atoms with E-state index < -0.39 is 0 Å². The van der Waals surface area contributed by atoms with Crippen molar-refractivity contribution in [3.8, 4) is 0 Å². The van der Waals surface area contributed by atoms with Crippen LogP contribution in [0.1, 0.15) is 5.56 Å². The Balaban J connectivity index is 0.000000180. The quantitative estimate of drug-likeness (QED) is 0.837. The molecule has 0 atom stereocenters. The molecule has 2 aromatic carbocycles. The van der Waals surface area contributed by atoms with Gasteiger partial charge < -0.3 is 10.6 Å². The largest absolute Gasteiger partial charge is 0.388 e. The minimum absolute atomic E-state index is 0.764. The van der Waals surface area contributed by atoms with Gasteiger partial charge in [0.2, 0.25) is 0 Å². The van der Waals surface area contributed by atoms with Gasteiger partial charge in [0.15, 0.2) is 0 Å². The standard InChI is InChI=1S/C8H11N.C7H8ClN/c1-7-4-3-5-8(6-7)9-2;1-9-7-5-3-2-4-6(7)8/h3-6,9H,1-2H3;2-5,9H,1H3. The summed E-state index contributed by atoms with van der Waals surface area (Å²) in [6.45, 7) is 2.08. The van der Waals surface area contributed by atoms with Crippen LogP contribution in [0.15, 0.2) is 48.5 Å². The van der Waals surface area contributed by atoms with Crippen LogP contribution in [-0.4, -0.2) is 14.1 Å². The summed E-state index contributed by atoms with van der Waals surface area (Å²) in [5.74, 6) is 0. The van der Waals surface area contributed by atoms with Gasteiger partial charge in [-0.25, -0.2) is 0 Å². The maximum Gasteiger partial charge on any atom is 0.0637 e. The van der Waals surface area contributed by atoms with Gasteiger partial charge in [0.1, 0.15) is 0 Å². The van der Waals surface area contributed by atoms with E-state index in [9.17, 15) is 0 Å². The fraction of sp³-hybridized carbons (Fsp3) is 0.200. The zero-order valence-electron chi connectivity index (χ0n) is 11.0. The van der Waals surface area contributed by atoms with Gasteiger partial charge in [-0.15, -0.1) is 0 Å². The molecule has 0 amide bonds. The topological polar surface area (TPSA) is 24.1 Å². The number of hydrogen-bond donors (Lipinski definition) is 2. The zero-order valence-corrected chi connectivity index (χ0v) is 11.8. The summed E-state index contributed by atoms with van der Waals surface area (Å²) in [6, 6.07) is 15.9. The lowest BCUT2D eigenvalue weighted by Crippen LogP contribution is -1.86. The molecule has 0 aliphatic carbocycles. The second-order valence-electron chi connectivity index (χ2n) is 3.85. The lowest BCUT2D eigenvalue weighted by Gasteiger charge is -1.99. The van der Waals surface area contributed by atoms with Gasteiger partial charge in [-0.1, -0.05) is 35.9 Å². The molecule has 0 heterocycles. The van der Waals surface area contributed by atoms with Crippen molar-refractivity contribution in [1.29, 1.82) is 0 Å². The predicted octanol–water partition coefficient (Wildman–Crippen LogP) is 4.42. The molecule has 2 aromatic rings. The summed E-state index contributed by atoms with van der Waals surface area (Å²) < 4.78 is 0. The first kappa shape index (κ1) is 14.4. The highest BCUT2D eigenvalue weighted by Crippen LogP contribution is 2.18. The highest BCUT2D eigenvalue weighted by molar-refractivity contribution is 6.33. The average molecular weight is 263 g/mol. The van der Waals surface area contributed by atoms with Crippen LogP contribution < -0.4 is 10.6 Å². The number of rotatable bonds is 2. The van der Waals surface area contributed by atoms with Crippen LogP contribution in [0.4, 0.5) is 11.4 Å². The number of benzene rings is 2. The van der Waals surface area contributed by atoms with Gasteiger partial charge in [-0.05, 0) is 36.8 Å². The maximum atomic E-state index is 5.76. The van der Waals surface area contributed by atoms with Crippen molar-refractivity contribution in [1.82, 2.24) is 0 Å². The molecule has 0 aliphatic rings. The number of halogens is 1. The summed E-state index contributed by atoms with van der Waals surface area (Å²) in [4.78, 5) is 0. The molecule has 2 rings (SSSR count). The monoisotopic (exact) mass is 262 g/mol. The third-order valence-corrected chi connectivity index (χ3v) is 2.78. The van der Waals surface area contributed by atoms with E-state index in [0.717, 1.165) is 10.7 Å². The Morgan fingerprint density at radius 1 is 0.889 bits per heavy atom. The van der Waals surface area contributed by atoms with Crippen molar-refractivity contribution >= 4 is 23.0 Å². The van der Waals surface area contributed by atoms with Gasteiger partial charge in [-0.2, -0.15) is 0 Å². The van der Waals surface area contributed by atoms with Gasteiger partial charge in [-0.3, -0.25) is 0 Å². The second-order valence-corrected chi connectivity index (χ2v) is 4.26. The number of nitrogens with one attached hydrogen (secondary N) is 2. The molecule has 0 fully saturated rings. The van der Waals surface area contributed by atoms with Crippen molar-refractivity contribution in [2.75, 3.05) is 24.7 Å². The molecule has 2 nitrogen and oxygen atoms in total. The highest BCUT2D eigenvalue weighted by Gasteiger charge is 1.91. The van der Waals surface area contributed by atoms with Crippen molar-refractivity contribution in [2.24, 2.45) is 0 Å². The van der Waals surface area contributed by atoms with Gasteiger partial charge >= 0.3 is 0 Å². The Labute approximate surface area is 114 Å². The smallest absolute Gasteiger partial charge is 0.0637 e. The Bertz CT molecular complexity index is 483. The molecule has 0 spiro atoms. The van der Waals surface area contributed by atoms with Gasteiger partial charge in [0, 0.05) is 19.8 Å². The van der Waals surface area contributed by atoms with E-state index in [4.69, 9.17) is 11.6 Å². The average Bonchev–Trinajstić information content (AvgIpc) is 2.40. The van der Waals surface area contributed by atoms with E-state index in [0.29, 0.717) is 0 Å². The van der Waals surface area contributed by atoms with E-state index in [2.05, 4.69) is 29.7 Å². The van der Waals surface area contributed by atoms with Crippen molar-refractivity contribution < 1.29 is 0 Å². The van der Waals surface area contributed by atoms with Crippen LogP contribution in [0.5, 0.6) is 0 Å². The van der Waals surface area contributed by atoms with Crippen molar-refractivity contribution in [3.63, 3.8) is 0 Å². The lowest BCUT2D eigenvalue weighted by molar-refractivity contribution is 1.43. The van der Waals surface area contributed by atoms with Crippen molar-refractivity contribution in [2.45, 2.75) is 6.92 Å². The van der Waals surface area contributed by atoms with Gasteiger partial charge in [0.25, 0.3) is 0 Å². The zero-order chi connectivity index (χ0) is 13.4. The molecular formula is C15H19ClN2. The van der Waals surface area contributed by atoms with Crippen LogP contribution in [-0.2, 0) is 0 Å². The van der Waals surface area contributed by atoms with Crippen LogP contribution >= 0.6 is 11.6 Å². The van der Waals surface area contributed by atoms with Crippen LogP contribution in [0.3, 0.4) is 0 Å². The number of anilines is 2. The molecule has 3 heteroatoms. The second kappa shape index (κ2) is 7.62. The highest BCUT2D eigenvalue weighted by atomic mass is 35.5. The van der Waals surface area contributed by atoms with Crippen LogP contribution in [0.25, 0.3) is 0 Å². The molecule has 0 bridgehead atoms. The molecule has 0 saturated heterocycles. The van der Waals surface area contributed by atoms with Gasteiger partial charge in [0.05, 0.1) is 10.7 Å². The minimum Gasteiger partial charge on any atom is -0.388 e. The van der Waals surface area contributed by atoms with E-state index in [1.165, 1.54) is 11.3 Å². The van der Waals surface area contributed by atoms with Crippen molar-refractivity contribution in [3.05, 3.63) is 59.1 Å². The first-order valence-corrected chi connectivity index (χ1v) is 6.22. The first-order chi connectivity index (χ1) is 8.67. The Hall–Kier alpha value is -1.67. The molecule has 0 aliphatic heterocycles. The molecule has 0 saturated carbocycles. The Kier molecular flexibility index (Phi) is 6.09. The summed E-state index contributed by atoms with van der Waals surface area (Å²) >= 11 is 5.76. The molecular weight excluding hydrogens is 244 g/mol. The SMILES string of the molecule is CNc1cccc(C)c1.CNc1ccccc1Cl. The summed E-state index contributed by atoms with van der Waals surface area (Å²) in [5, 5.41) is 6.79. The molecule has 0 radical (unpaired) electrons. The normalized spacial score (nSPS) is 9.11. The fourth-order valence-corrected chi connectivity index (χ4v) is 1.69. The lowest BCUT2D eigenvalue weighted by atomic mass is 10.2. The molecule has 18 heavy (non-hydrogen) atoms. The Morgan fingerprint density at radius 3 is 2.06 bits per heavy atom. The Morgan fingerprint density at radius 2 is 1.61 bits per heavy atom. The maximum absolute atomic E-state index is 5.76. The summed E-state index contributed by atoms with van der Waals surface area (Å²) in [5.41, 5.74) is 3.44. The molecule has 96 valence electrons. The third kappa shape index (κ3) is 4.68. The number of hydrogen-bond acceptors (Lipinski definition) is 2. The molecule has 0 aromatic heterocycles. The number of aryl methyl sites for hydroxylation is 1. The van der Waals surface area contributed by atoms with Crippen LogP contribution in [0, 0.1) is 6.92 Å². The fourth-order valence-electron chi connectivity index (χ4n) is 1.46. The first-order valence-electron chi connectivity index (χ1n) is 5.84. The van der Waals surface area contributed by atoms with E-state index in [1.807, 2.05) is 50.5 Å². The molecule has 0 unspecified atom stereocenters. The minimum atomic E-state index is 0.764. The third-order valence-electron chi connectivity index (χ3n) is 2.45. The number of para-hydroxylation sites is 1. The summed E-state index contributed by atoms with van der Waals surface area (Å²) in [6.07, 6.45) is 0. The predicted molar refractivity (Wildman–Crippen MR) is 81.7 cm³/mol.